The third-order valence-corrected chi connectivity index (χ3v) is 12.6. The highest BCUT2D eigenvalue weighted by Crippen LogP contribution is 2.46. The number of ether oxygens (including phenoxy) is 3. The average molecular weight is 709 g/mol. The van der Waals surface area contributed by atoms with Crippen molar-refractivity contribution in [1.82, 2.24) is 24.8 Å². The number of piperidine rings is 1. The number of alkyl halides is 1. The number of phenols is 1. The summed E-state index contributed by atoms with van der Waals surface area (Å²) in [5, 5.41) is 12.5. The van der Waals surface area contributed by atoms with Gasteiger partial charge in [-0.3, -0.25) is 9.80 Å². The highest BCUT2D eigenvalue weighted by Gasteiger charge is 2.50. The van der Waals surface area contributed by atoms with Crippen LogP contribution in [0.25, 0.3) is 32.9 Å². The van der Waals surface area contributed by atoms with Gasteiger partial charge in [0.05, 0.1) is 25.4 Å². The smallest absolute Gasteiger partial charge is 0.319 e. The summed E-state index contributed by atoms with van der Waals surface area (Å²) in [6, 6.07) is 8.99. The predicted molar refractivity (Wildman–Crippen MR) is 192 cm³/mol. The van der Waals surface area contributed by atoms with Crippen LogP contribution in [0.2, 0.25) is 0 Å². The number of hydrogen-bond acceptors (Lipinski definition) is 10. The minimum Gasteiger partial charge on any atom is -0.508 e. The van der Waals surface area contributed by atoms with Crippen LogP contribution in [0.3, 0.4) is 0 Å². The number of nitrogens with zero attached hydrogens (tertiary/aromatic N) is 6. The summed E-state index contributed by atoms with van der Waals surface area (Å²) in [6.45, 7) is 6.18. The summed E-state index contributed by atoms with van der Waals surface area (Å²) < 4.78 is 50.6. The maximum atomic E-state index is 17.4. The van der Waals surface area contributed by atoms with Gasteiger partial charge >= 0.3 is 6.01 Å². The molecule has 7 aliphatic heterocycles. The molecule has 0 spiro atoms. The van der Waals surface area contributed by atoms with E-state index in [0.29, 0.717) is 70.6 Å². The van der Waals surface area contributed by atoms with E-state index in [1.807, 2.05) is 6.07 Å². The highest BCUT2D eigenvalue weighted by molar-refractivity contribution is 6.04. The minimum atomic E-state index is -0.909. The van der Waals surface area contributed by atoms with E-state index in [1.165, 1.54) is 6.07 Å². The van der Waals surface area contributed by atoms with E-state index in [2.05, 4.69) is 20.6 Å². The molecule has 7 aliphatic rings. The first-order valence-electron chi connectivity index (χ1n) is 18.7. The number of fused-ring (bicyclic) bond motifs is 4. The fourth-order valence-electron chi connectivity index (χ4n) is 10.2. The molecule has 9 heterocycles. The molecule has 2 aromatic carbocycles. The fraction of sp³-hybridized carbons (Fsp3) is 0.525. The lowest BCUT2D eigenvalue weighted by atomic mass is 9.87. The van der Waals surface area contributed by atoms with Gasteiger partial charge in [0, 0.05) is 73.5 Å². The zero-order valence-electron chi connectivity index (χ0n) is 29.1. The molecular formula is C40H42F2N6O4. The maximum absolute atomic E-state index is 17.4. The molecule has 0 unspecified atom stereocenters. The zero-order valence-corrected chi connectivity index (χ0v) is 29.1. The standard InChI is InChI=1S/C40H42F2N6O4/c1-2-24-5-3-6-25-13-29(49)14-30(32(24)25)35-34(42)36-33-37(45-39(44-36)52-22-40-10-4-11-47(40)18-27(41)15-40)48-19-28-8-7-26(17-46(28)16-23-20-50-21-23)31(48)9-12-51-38(33)43-35/h1,3,5-6,13-14,23,26-28,31,49H,4,7-12,15-22H2/t26-,27-,28-,31-,40+/m1/s1. The zero-order chi connectivity index (χ0) is 35.1. The molecule has 4 aromatic rings. The normalized spacial score (nSPS) is 28.8. The molecular weight excluding hydrogens is 666 g/mol. The number of anilines is 1. The second-order valence-electron chi connectivity index (χ2n) is 15.7. The Balaban J connectivity index is 1.14. The van der Waals surface area contributed by atoms with Crippen LogP contribution >= 0.6 is 0 Å². The SMILES string of the molecule is C#Cc1cccc2cc(O)cc(-c3nc4c5c(nc(OC[C@@]67CCCN6C[C@H](F)C7)nc5c3F)N3C[C@H]5CC[C@H](CN5CC5COC5)[C@H]3CCO4)c12. The molecule has 1 N–H and O–H groups in total. The van der Waals surface area contributed by atoms with E-state index in [1.54, 1.807) is 18.2 Å². The van der Waals surface area contributed by atoms with Gasteiger partial charge in [-0.1, -0.05) is 18.1 Å². The predicted octanol–water partition coefficient (Wildman–Crippen LogP) is 5.32. The molecule has 52 heavy (non-hydrogen) atoms. The molecule has 0 aliphatic carbocycles. The van der Waals surface area contributed by atoms with E-state index < -0.39 is 17.5 Å². The van der Waals surface area contributed by atoms with Crippen LogP contribution in [0.1, 0.15) is 44.1 Å². The first kappa shape index (κ1) is 32.3. The lowest BCUT2D eigenvalue weighted by Gasteiger charge is -2.40. The summed E-state index contributed by atoms with van der Waals surface area (Å²) in [4.78, 5) is 21.9. The summed E-state index contributed by atoms with van der Waals surface area (Å²) in [7, 11) is 0. The second-order valence-corrected chi connectivity index (χ2v) is 15.7. The molecule has 2 aromatic heterocycles. The van der Waals surface area contributed by atoms with Gasteiger partial charge in [0.1, 0.15) is 40.9 Å². The van der Waals surface area contributed by atoms with Crippen LogP contribution in [0.5, 0.6) is 17.6 Å². The molecule has 0 amide bonds. The van der Waals surface area contributed by atoms with Crippen molar-refractivity contribution in [3.63, 3.8) is 0 Å². The van der Waals surface area contributed by atoms with Crippen LogP contribution in [-0.4, -0.2) is 113 Å². The number of aromatic hydroxyl groups is 1. The lowest BCUT2D eigenvalue weighted by molar-refractivity contribution is -0.0563. The van der Waals surface area contributed by atoms with Gasteiger partial charge in [-0.2, -0.15) is 9.97 Å². The van der Waals surface area contributed by atoms with Crippen molar-refractivity contribution in [1.29, 1.82) is 0 Å². The second kappa shape index (κ2) is 12.4. The van der Waals surface area contributed by atoms with Gasteiger partial charge in [-0.15, -0.1) is 6.42 Å². The van der Waals surface area contributed by atoms with Crippen LogP contribution in [0, 0.1) is 30.0 Å². The summed E-state index contributed by atoms with van der Waals surface area (Å²) in [6.07, 6.45) is 10.1. The van der Waals surface area contributed by atoms with Gasteiger partial charge in [-0.05, 0) is 61.7 Å². The number of terminal acetylenes is 1. The number of rotatable bonds is 6. The van der Waals surface area contributed by atoms with Gasteiger partial charge < -0.3 is 24.2 Å². The maximum Gasteiger partial charge on any atom is 0.319 e. The van der Waals surface area contributed by atoms with Crippen LogP contribution in [0.15, 0.2) is 30.3 Å². The Kier molecular flexibility index (Phi) is 7.71. The number of halogens is 2. The van der Waals surface area contributed by atoms with Crippen molar-refractivity contribution in [2.24, 2.45) is 11.8 Å². The fourth-order valence-corrected chi connectivity index (χ4v) is 10.2. The Morgan fingerprint density at radius 2 is 1.98 bits per heavy atom. The Hall–Kier alpha value is -4.31. The van der Waals surface area contributed by atoms with Crippen LogP contribution < -0.4 is 14.4 Å². The lowest BCUT2D eigenvalue weighted by Crippen LogP contribution is -2.49. The Morgan fingerprint density at radius 1 is 1.08 bits per heavy atom. The average Bonchev–Trinajstić information content (AvgIpc) is 3.54. The molecule has 6 fully saturated rings. The third-order valence-electron chi connectivity index (χ3n) is 12.6. The van der Waals surface area contributed by atoms with Crippen LogP contribution in [0.4, 0.5) is 14.6 Å². The van der Waals surface area contributed by atoms with Crippen LogP contribution in [-0.2, 0) is 4.74 Å². The van der Waals surface area contributed by atoms with Crippen molar-refractivity contribution in [3.05, 3.63) is 41.7 Å². The number of pyridine rings is 1. The number of phenolic OH excluding ortho intramolecular Hbond substituents is 1. The first-order valence-corrected chi connectivity index (χ1v) is 18.7. The van der Waals surface area contributed by atoms with Crippen molar-refractivity contribution in [2.75, 3.05) is 64.1 Å². The van der Waals surface area contributed by atoms with E-state index in [9.17, 15) is 9.50 Å². The van der Waals surface area contributed by atoms with E-state index in [-0.39, 0.29) is 41.5 Å². The van der Waals surface area contributed by atoms with Gasteiger partial charge in [0.15, 0.2) is 5.82 Å². The summed E-state index contributed by atoms with van der Waals surface area (Å²) in [5.74, 6) is 3.71. The largest absolute Gasteiger partial charge is 0.508 e. The van der Waals surface area contributed by atoms with Crippen molar-refractivity contribution in [3.8, 4) is 41.2 Å². The Bertz CT molecular complexity index is 2120. The molecule has 11 rings (SSSR count). The highest BCUT2D eigenvalue weighted by atomic mass is 19.1. The Morgan fingerprint density at radius 3 is 2.83 bits per heavy atom. The molecule has 10 nitrogen and oxygen atoms in total. The Labute approximate surface area is 301 Å². The quantitative estimate of drug-likeness (QED) is 0.265. The van der Waals surface area contributed by atoms with Gasteiger partial charge in [-0.25, -0.2) is 13.8 Å². The molecule has 0 saturated carbocycles. The molecule has 0 radical (unpaired) electrons. The molecule has 2 bridgehead atoms. The van der Waals surface area contributed by atoms with Crippen molar-refractivity contribution >= 4 is 27.5 Å². The van der Waals surface area contributed by atoms with Gasteiger partial charge in [0.25, 0.3) is 0 Å². The summed E-state index contributed by atoms with van der Waals surface area (Å²) >= 11 is 0. The number of benzene rings is 2. The molecule has 12 heteroatoms. The van der Waals surface area contributed by atoms with E-state index in [4.69, 9.17) is 35.6 Å². The van der Waals surface area contributed by atoms with E-state index >= 15 is 4.39 Å². The topological polar surface area (TPSA) is 96.3 Å². The van der Waals surface area contributed by atoms with Gasteiger partial charge in [0.2, 0.25) is 5.88 Å². The van der Waals surface area contributed by atoms with E-state index in [0.717, 1.165) is 71.5 Å². The first-order chi connectivity index (χ1) is 25.4. The molecule has 5 atom stereocenters. The number of aromatic nitrogens is 3. The monoisotopic (exact) mass is 708 g/mol. The van der Waals surface area contributed by atoms with Crippen molar-refractivity contribution < 1.29 is 28.1 Å². The molecule has 270 valence electrons. The molecule has 6 saturated heterocycles. The third kappa shape index (κ3) is 5.18. The minimum absolute atomic E-state index is 0.0275. The van der Waals surface area contributed by atoms with Crippen molar-refractivity contribution in [2.45, 2.75) is 62.3 Å². The number of hydrogen-bond donors (Lipinski definition) is 1. The summed E-state index contributed by atoms with van der Waals surface area (Å²) in [5.41, 5.74) is 0.469.